The predicted molar refractivity (Wildman–Crippen MR) is 98.6 cm³/mol. The number of benzene rings is 2. The molecule has 11 heteroatoms. The van der Waals surface area contributed by atoms with Gasteiger partial charge in [-0.25, -0.2) is 8.42 Å². The van der Waals surface area contributed by atoms with E-state index in [1.807, 2.05) is 0 Å². The molecule has 0 saturated heterocycles. The summed E-state index contributed by atoms with van der Waals surface area (Å²) < 4.78 is 78.5. The van der Waals surface area contributed by atoms with Crippen molar-refractivity contribution in [2.75, 3.05) is 11.0 Å². The minimum absolute atomic E-state index is 0.136. The maximum atomic E-state index is 12.3. The minimum atomic E-state index is -4.82. The van der Waals surface area contributed by atoms with Crippen molar-refractivity contribution in [1.29, 1.82) is 0 Å². The second-order valence-corrected chi connectivity index (χ2v) is 9.15. The average molecular weight is 442 g/mol. The number of hydrogen-bond acceptors (Lipinski definition) is 4. The predicted octanol–water partition coefficient (Wildman–Crippen LogP) is 4.06. The van der Waals surface area contributed by atoms with Crippen molar-refractivity contribution >= 4 is 38.1 Å². The van der Waals surface area contributed by atoms with Crippen LogP contribution >= 0.6 is 11.6 Å². The highest BCUT2D eigenvalue weighted by atomic mass is 35.5. The number of hydrogen-bond donors (Lipinski definition) is 1. The minimum Gasteiger partial charge on any atom is -0.406 e. The van der Waals surface area contributed by atoms with Crippen LogP contribution in [0, 0.1) is 0 Å². The molecule has 0 aromatic heterocycles. The third-order valence-electron chi connectivity index (χ3n) is 3.18. The first-order valence-corrected chi connectivity index (χ1v) is 11.1. The molecule has 5 nitrogen and oxygen atoms in total. The van der Waals surface area contributed by atoms with Crippen LogP contribution < -0.4 is 9.46 Å². The van der Waals surface area contributed by atoms with Crippen molar-refractivity contribution in [2.24, 2.45) is 0 Å². The molecule has 0 aliphatic carbocycles. The summed E-state index contributed by atoms with van der Waals surface area (Å²) in [4.78, 5) is 0. The first-order valence-electron chi connectivity index (χ1n) is 7.37. The maximum absolute atomic E-state index is 12.3. The fourth-order valence-corrected chi connectivity index (χ4v) is 4.26. The standard InChI is InChI=1S/C16H15ClF3NO4S2/c1-26(22)9-12-4-7-14(17)15(8-12)21-27(23,24)10-11-2-5-13(6-3-11)25-16(18,19)20/h2-8,21H,9-10H2,1H3/t26-/m1/s1. The van der Waals surface area contributed by atoms with Crippen molar-refractivity contribution in [3.8, 4) is 5.75 Å². The highest BCUT2D eigenvalue weighted by molar-refractivity contribution is 7.91. The van der Waals surface area contributed by atoms with E-state index in [1.165, 1.54) is 30.5 Å². The molecule has 0 fully saturated rings. The Morgan fingerprint density at radius 3 is 2.26 bits per heavy atom. The number of halogens is 4. The van der Waals surface area contributed by atoms with E-state index >= 15 is 0 Å². The van der Waals surface area contributed by atoms with Gasteiger partial charge in [0.05, 0.1) is 16.5 Å². The van der Waals surface area contributed by atoms with E-state index in [0.717, 1.165) is 12.1 Å². The van der Waals surface area contributed by atoms with E-state index in [-0.39, 0.29) is 22.0 Å². The molecule has 2 rings (SSSR count). The molecule has 2 aromatic carbocycles. The van der Waals surface area contributed by atoms with E-state index in [9.17, 15) is 25.8 Å². The fourth-order valence-electron chi connectivity index (χ4n) is 2.19. The van der Waals surface area contributed by atoms with Crippen LogP contribution in [-0.2, 0) is 32.3 Å². The molecule has 0 spiro atoms. The Balaban J connectivity index is 2.12. The average Bonchev–Trinajstić information content (AvgIpc) is 2.50. The molecular formula is C16H15ClF3NO4S2. The molecule has 0 unspecified atom stereocenters. The summed E-state index contributed by atoms with van der Waals surface area (Å²) in [5.41, 5.74) is 1.04. The fraction of sp³-hybridized carbons (Fsp3) is 0.250. The molecule has 1 atom stereocenters. The number of alkyl halides is 3. The molecule has 27 heavy (non-hydrogen) atoms. The third-order valence-corrected chi connectivity index (χ3v) is 5.49. The molecule has 0 radical (unpaired) electrons. The number of rotatable bonds is 7. The van der Waals surface area contributed by atoms with E-state index in [0.29, 0.717) is 5.56 Å². The highest BCUT2D eigenvalue weighted by Crippen LogP contribution is 2.26. The summed E-state index contributed by atoms with van der Waals surface area (Å²) in [5, 5.41) is 0.165. The summed E-state index contributed by atoms with van der Waals surface area (Å²) in [5.74, 6) is -0.675. The molecular weight excluding hydrogens is 427 g/mol. The van der Waals surface area contributed by atoms with Gasteiger partial charge in [0, 0.05) is 22.8 Å². The van der Waals surface area contributed by atoms with Gasteiger partial charge in [-0.2, -0.15) is 0 Å². The van der Waals surface area contributed by atoms with Crippen molar-refractivity contribution in [3.05, 3.63) is 58.6 Å². The van der Waals surface area contributed by atoms with Crippen LogP contribution in [0.3, 0.4) is 0 Å². The van der Waals surface area contributed by atoms with Crippen molar-refractivity contribution in [2.45, 2.75) is 17.9 Å². The normalized spacial score (nSPS) is 13.2. The van der Waals surface area contributed by atoms with Crippen LogP contribution in [0.2, 0.25) is 5.02 Å². The molecule has 1 N–H and O–H groups in total. The van der Waals surface area contributed by atoms with Gasteiger partial charge in [0.25, 0.3) is 0 Å². The second kappa shape index (κ2) is 8.49. The van der Waals surface area contributed by atoms with E-state index in [4.69, 9.17) is 11.6 Å². The number of nitrogens with one attached hydrogen (secondary N) is 1. The lowest BCUT2D eigenvalue weighted by molar-refractivity contribution is -0.274. The van der Waals surface area contributed by atoms with Crippen LogP contribution in [0.5, 0.6) is 5.75 Å². The Hall–Kier alpha value is -1.78. The lowest BCUT2D eigenvalue weighted by Gasteiger charge is -2.12. The van der Waals surface area contributed by atoms with Gasteiger partial charge in [-0.05, 0) is 35.4 Å². The molecule has 148 valence electrons. The van der Waals surface area contributed by atoms with Gasteiger partial charge in [-0.1, -0.05) is 29.8 Å². The Morgan fingerprint density at radius 2 is 1.70 bits per heavy atom. The monoisotopic (exact) mass is 441 g/mol. The highest BCUT2D eigenvalue weighted by Gasteiger charge is 2.31. The lowest BCUT2D eigenvalue weighted by atomic mass is 10.2. The van der Waals surface area contributed by atoms with Crippen LogP contribution in [-0.4, -0.2) is 25.2 Å². The quantitative estimate of drug-likeness (QED) is 0.703. The zero-order valence-corrected chi connectivity index (χ0v) is 16.3. The van der Waals surface area contributed by atoms with Gasteiger partial charge in [0.1, 0.15) is 5.75 Å². The molecule has 0 bridgehead atoms. The van der Waals surface area contributed by atoms with Crippen LogP contribution in [0.4, 0.5) is 18.9 Å². The molecule has 0 aliphatic heterocycles. The van der Waals surface area contributed by atoms with Gasteiger partial charge in [-0.3, -0.25) is 8.93 Å². The summed E-state index contributed by atoms with van der Waals surface area (Å²) in [7, 11) is -4.98. The van der Waals surface area contributed by atoms with Gasteiger partial charge in [-0.15, -0.1) is 13.2 Å². The van der Waals surface area contributed by atoms with Crippen molar-refractivity contribution in [1.82, 2.24) is 0 Å². The SMILES string of the molecule is C[S@@](=O)Cc1ccc(Cl)c(NS(=O)(=O)Cc2ccc(OC(F)(F)F)cc2)c1. The first kappa shape index (κ1) is 21.5. The zero-order valence-electron chi connectivity index (χ0n) is 13.9. The van der Waals surface area contributed by atoms with Crippen LogP contribution in [0.15, 0.2) is 42.5 Å². The lowest BCUT2D eigenvalue weighted by Crippen LogP contribution is -2.17. The van der Waals surface area contributed by atoms with Gasteiger partial charge < -0.3 is 4.74 Å². The van der Waals surface area contributed by atoms with E-state index < -0.39 is 38.7 Å². The number of ether oxygens (including phenoxy) is 1. The Bertz CT molecular complexity index is 932. The van der Waals surface area contributed by atoms with Gasteiger partial charge in [0.15, 0.2) is 0 Å². The molecule has 0 saturated carbocycles. The third kappa shape index (κ3) is 7.39. The number of sulfonamides is 1. The first-order chi connectivity index (χ1) is 12.4. The van der Waals surface area contributed by atoms with Crippen LogP contribution in [0.1, 0.15) is 11.1 Å². The van der Waals surface area contributed by atoms with E-state index in [1.54, 1.807) is 6.07 Å². The molecule has 0 aliphatic rings. The zero-order chi connectivity index (χ0) is 20.2. The summed E-state index contributed by atoms with van der Waals surface area (Å²) in [6.07, 6.45) is -3.30. The van der Waals surface area contributed by atoms with Crippen LogP contribution in [0.25, 0.3) is 0 Å². The summed E-state index contributed by atoms with van der Waals surface area (Å²) in [6.45, 7) is 0. The Labute approximate surface area is 162 Å². The Morgan fingerprint density at radius 1 is 1.11 bits per heavy atom. The molecule has 0 amide bonds. The Kier molecular flexibility index (Phi) is 6.77. The van der Waals surface area contributed by atoms with Crippen molar-refractivity contribution < 1.29 is 30.5 Å². The number of anilines is 1. The smallest absolute Gasteiger partial charge is 0.406 e. The molecule has 0 heterocycles. The molecule has 2 aromatic rings. The second-order valence-electron chi connectivity index (χ2n) is 5.58. The largest absolute Gasteiger partial charge is 0.573 e. The van der Waals surface area contributed by atoms with Gasteiger partial charge >= 0.3 is 6.36 Å². The van der Waals surface area contributed by atoms with Crippen molar-refractivity contribution in [3.63, 3.8) is 0 Å². The maximum Gasteiger partial charge on any atom is 0.573 e. The topological polar surface area (TPSA) is 72.5 Å². The van der Waals surface area contributed by atoms with Gasteiger partial charge in [0.2, 0.25) is 10.0 Å². The summed E-state index contributed by atoms with van der Waals surface area (Å²) in [6, 6.07) is 9.12. The summed E-state index contributed by atoms with van der Waals surface area (Å²) >= 11 is 6.00. The van der Waals surface area contributed by atoms with E-state index in [2.05, 4.69) is 9.46 Å².